The topological polar surface area (TPSA) is 63.8 Å². The van der Waals surface area contributed by atoms with Gasteiger partial charge >= 0.3 is 0 Å². The Bertz CT molecular complexity index is 1140. The van der Waals surface area contributed by atoms with Crippen molar-refractivity contribution < 1.29 is 18.3 Å². The Hall–Kier alpha value is -2.51. The van der Waals surface area contributed by atoms with Gasteiger partial charge in [0.15, 0.2) is 0 Å². The first-order valence-electron chi connectivity index (χ1n) is 9.44. The second-order valence-electron chi connectivity index (χ2n) is 6.99. The van der Waals surface area contributed by atoms with Crippen LogP contribution in [0.1, 0.15) is 28.8 Å². The van der Waals surface area contributed by atoms with Crippen molar-refractivity contribution in [2.45, 2.75) is 25.9 Å². The lowest BCUT2D eigenvalue weighted by molar-refractivity contribution is 0.0854. The Morgan fingerprint density at radius 3 is 2.97 bits per heavy atom. The fourth-order valence-electron chi connectivity index (χ4n) is 3.28. The van der Waals surface area contributed by atoms with Gasteiger partial charge in [0.05, 0.1) is 11.8 Å². The highest BCUT2D eigenvalue weighted by Crippen LogP contribution is 2.22. The quantitative estimate of drug-likeness (QED) is 0.611. The molecule has 1 amide bonds. The molecule has 0 unspecified atom stereocenters. The lowest BCUT2D eigenvalue weighted by atomic mass is 10.1. The van der Waals surface area contributed by atoms with E-state index in [1.54, 1.807) is 31.2 Å². The third kappa shape index (κ3) is 4.41. The van der Waals surface area contributed by atoms with E-state index in [1.807, 2.05) is 12.1 Å². The van der Waals surface area contributed by atoms with Gasteiger partial charge < -0.3 is 14.5 Å². The fourth-order valence-corrected chi connectivity index (χ4v) is 3.66. The van der Waals surface area contributed by atoms with Crippen molar-refractivity contribution >= 4 is 38.5 Å². The Balaban J connectivity index is 1.79. The summed E-state index contributed by atoms with van der Waals surface area (Å²) < 4.78 is 26.3. The standard InChI is InChI=1S/C22H20BrFN2O3/c1-13-18(24)5-2-6-19(13)26-22-17(21(27)25-12-16-4-3-9-28-16)11-14-10-15(23)7-8-20(14)29-22/h2,5-8,10-11,16H,3-4,9,12H2,1H3,(H,25,27)/t16-/m0/s1. The number of hydrogen-bond donors (Lipinski definition) is 1. The van der Waals surface area contributed by atoms with Gasteiger partial charge in [0, 0.05) is 28.6 Å². The van der Waals surface area contributed by atoms with Crippen LogP contribution in [0.4, 0.5) is 10.1 Å². The molecule has 0 saturated carbocycles. The van der Waals surface area contributed by atoms with E-state index in [0.717, 1.165) is 29.3 Å². The number of carbonyl (C=O) groups excluding carboxylic acids is 1. The number of rotatable bonds is 4. The van der Waals surface area contributed by atoms with Crippen molar-refractivity contribution in [3.63, 3.8) is 0 Å². The zero-order chi connectivity index (χ0) is 20.4. The van der Waals surface area contributed by atoms with E-state index in [1.165, 1.54) is 6.07 Å². The zero-order valence-corrected chi connectivity index (χ0v) is 17.5. The largest absolute Gasteiger partial charge is 0.438 e. The van der Waals surface area contributed by atoms with Crippen LogP contribution in [0, 0.1) is 12.7 Å². The molecule has 1 aliphatic heterocycles. The first-order valence-corrected chi connectivity index (χ1v) is 10.2. The van der Waals surface area contributed by atoms with Crippen molar-refractivity contribution in [1.82, 2.24) is 5.32 Å². The Kier molecular flexibility index (Phi) is 5.78. The number of carbonyl (C=O) groups is 1. The van der Waals surface area contributed by atoms with Crippen LogP contribution in [0.3, 0.4) is 0 Å². The van der Waals surface area contributed by atoms with Gasteiger partial charge in [0.2, 0.25) is 5.55 Å². The highest BCUT2D eigenvalue weighted by atomic mass is 79.9. The number of benzene rings is 2. The monoisotopic (exact) mass is 458 g/mol. The zero-order valence-electron chi connectivity index (χ0n) is 15.9. The van der Waals surface area contributed by atoms with Gasteiger partial charge in [-0.05, 0) is 56.2 Å². The predicted octanol–water partition coefficient (Wildman–Crippen LogP) is 4.78. The molecule has 2 heterocycles. The molecule has 150 valence electrons. The van der Waals surface area contributed by atoms with E-state index in [-0.39, 0.29) is 28.9 Å². The molecule has 4 rings (SSSR count). The molecule has 0 spiro atoms. The maximum Gasteiger partial charge on any atom is 0.256 e. The molecule has 1 atom stereocenters. The number of hydrogen-bond acceptors (Lipinski definition) is 4. The molecule has 1 saturated heterocycles. The molecule has 0 bridgehead atoms. The highest BCUT2D eigenvalue weighted by Gasteiger charge is 2.19. The number of fused-ring (bicyclic) bond motifs is 1. The summed E-state index contributed by atoms with van der Waals surface area (Å²) in [7, 11) is 0. The van der Waals surface area contributed by atoms with E-state index in [2.05, 4.69) is 26.2 Å². The Morgan fingerprint density at radius 2 is 2.17 bits per heavy atom. The summed E-state index contributed by atoms with van der Waals surface area (Å²) in [5.41, 5.74) is 1.81. The average molecular weight is 459 g/mol. The van der Waals surface area contributed by atoms with Crippen LogP contribution < -0.4 is 10.9 Å². The van der Waals surface area contributed by atoms with Gasteiger partial charge in [0.25, 0.3) is 5.91 Å². The van der Waals surface area contributed by atoms with Crippen molar-refractivity contribution in [3.05, 3.63) is 69.4 Å². The summed E-state index contributed by atoms with van der Waals surface area (Å²) >= 11 is 3.44. The number of nitrogens with zero attached hydrogens (tertiary/aromatic N) is 1. The number of amides is 1. The minimum absolute atomic E-state index is 0.0244. The second-order valence-corrected chi connectivity index (χ2v) is 7.90. The minimum atomic E-state index is -0.361. The van der Waals surface area contributed by atoms with Crippen molar-refractivity contribution in [2.75, 3.05) is 13.2 Å². The third-order valence-electron chi connectivity index (χ3n) is 4.93. The highest BCUT2D eigenvalue weighted by molar-refractivity contribution is 9.10. The summed E-state index contributed by atoms with van der Waals surface area (Å²) in [6.07, 6.45) is 1.95. The Morgan fingerprint density at radius 1 is 1.31 bits per heavy atom. The number of nitrogens with one attached hydrogen (secondary N) is 1. The van der Waals surface area contributed by atoms with E-state index in [9.17, 15) is 9.18 Å². The summed E-state index contributed by atoms with van der Waals surface area (Å²) in [6, 6.07) is 11.9. The molecule has 1 fully saturated rings. The van der Waals surface area contributed by atoms with Crippen LogP contribution in [-0.2, 0) is 4.74 Å². The first kappa shape index (κ1) is 19.8. The molecule has 3 aromatic rings. The van der Waals surface area contributed by atoms with E-state index < -0.39 is 0 Å². The summed E-state index contributed by atoms with van der Waals surface area (Å²) in [6.45, 7) is 2.79. The smallest absolute Gasteiger partial charge is 0.256 e. The molecule has 2 aromatic carbocycles. The molecule has 1 N–H and O–H groups in total. The van der Waals surface area contributed by atoms with Crippen molar-refractivity contribution in [2.24, 2.45) is 4.99 Å². The van der Waals surface area contributed by atoms with Gasteiger partial charge in [0.1, 0.15) is 17.0 Å². The maximum absolute atomic E-state index is 13.9. The van der Waals surface area contributed by atoms with Crippen molar-refractivity contribution in [1.29, 1.82) is 0 Å². The molecular weight excluding hydrogens is 439 g/mol. The fraction of sp³-hybridized carbons (Fsp3) is 0.273. The van der Waals surface area contributed by atoms with Gasteiger partial charge in [-0.3, -0.25) is 4.79 Å². The van der Waals surface area contributed by atoms with E-state index >= 15 is 0 Å². The number of halogens is 2. The molecule has 0 radical (unpaired) electrons. The normalized spacial score (nSPS) is 17.1. The van der Waals surface area contributed by atoms with Gasteiger partial charge in [-0.2, -0.15) is 0 Å². The molecule has 0 aliphatic carbocycles. The summed E-state index contributed by atoms with van der Waals surface area (Å²) in [5.74, 6) is -0.667. The lowest BCUT2D eigenvalue weighted by Crippen LogP contribution is -2.34. The SMILES string of the molecule is Cc1c(F)cccc1N=c1oc2ccc(Br)cc2cc1C(=O)NC[C@@H]1CCCO1. The van der Waals surface area contributed by atoms with E-state index in [0.29, 0.717) is 23.4 Å². The van der Waals surface area contributed by atoms with Crippen LogP contribution in [0.2, 0.25) is 0 Å². The van der Waals surface area contributed by atoms with Crippen LogP contribution in [0.15, 0.2) is 56.3 Å². The molecule has 5 nitrogen and oxygen atoms in total. The Labute approximate surface area is 175 Å². The third-order valence-corrected chi connectivity index (χ3v) is 5.42. The lowest BCUT2D eigenvalue weighted by Gasteiger charge is -2.11. The molecule has 1 aromatic heterocycles. The average Bonchev–Trinajstić information content (AvgIpc) is 3.23. The minimum Gasteiger partial charge on any atom is -0.438 e. The predicted molar refractivity (Wildman–Crippen MR) is 112 cm³/mol. The van der Waals surface area contributed by atoms with Crippen LogP contribution in [-0.4, -0.2) is 25.2 Å². The van der Waals surface area contributed by atoms with Crippen LogP contribution >= 0.6 is 15.9 Å². The molecule has 7 heteroatoms. The molecular formula is C22H20BrFN2O3. The van der Waals surface area contributed by atoms with Gasteiger partial charge in [-0.25, -0.2) is 9.38 Å². The van der Waals surface area contributed by atoms with Crippen molar-refractivity contribution in [3.8, 4) is 0 Å². The molecule has 1 aliphatic rings. The summed E-state index contributed by atoms with van der Waals surface area (Å²) in [4.78, 5) is 17.4. The molecule has 29 heavy (non-hydrogen) atoms. The number of ether oxygens (including phenoxy) is 1. The maximum atomic E-state index is 13.9. The van der Waals surface area contributed by atoms with Crippen LogP contribution in [0.5, 0.6) is 0 Å². The van der Waals surface area contributed by atoms with Gasteiger partial charge in [-0.1, -0.05) is 22.0 Å². The van der Waals surface area contributed by atoms with Crippen LogP contribution in [0.25, 0.3) is 11.0 Å². The first-order chi connectivity index (χ1) is 14.0. The second kappa shape index (κ2) is 8.47. The van der Waals surface area contributed by atoms with Gasteiger partial charge in [-0.15, -0.1) is 0 Å². The van der Waals surface area contributed by atoms with E-state index in [4.69, 9.17) is 9.15 Å². The summed E-state index contributed by atoms with van der Waals surface area (Å²) in [5, 5.41) is 3.66.